The summed E-state index contributed by atoms with van der Waals surface area (Å²) in [5.41, 5.74) is 0.772. The van der Waals surface area contributed by atoms with Crippen molar-refractivity contribution >= 4 is 71.5 Å². The van der Waals surface area contributed by atoms with E-state index >= 15 is 0 Å². The number of halogens is 4. The third kappa shape index (κ3) is 5.81. The summed E-state index contributed by atoms with van der Waals surface area (Å²) in [4.78, 5) is 8.73. The number of thioether (sulfide) groups is 1. The summed E-state index contributed by atoms with van der Waals surface area (Å²) in [5, 5.41) is 6.03. The molecule has 5 nitrogen and oxygen atoms in total. The zero-order chi connectivity index (χ0) is 15.5. The minimum absolute atomic E-state index is 0. The van der Waals surface area contributed by atoms with Crippen LogP contribution in [-0.4, -0.2) is 42.5 Å². The molecule has 1 aromatic carbocycles. The van der Waals surface area contributed by atoms with Crippen molar-refractivity contribution in [2.45, 2.75) is 23.1 Å². The number of ether oxygens (including phenoxy) is 2. The van der Waals surface area contributed by atoms with Crippen molar-refractivity contribution in [2.75, 3.05) is 27.3 Å². The van der Waals surface area contributed by atoms with Crippen molar-refractivity contribution in [1.82, 2.24) is 15.3 Å². The zero-order valence-electron chi connectivity index (χ0n) is 13.8. The molecule has 0 atom stereocenters. The van der Waals surface area contributed by atoms with E-state index in [1.807, 2.05) is 12.1 Å². The molecule has 0 saturated carbocycles. The predicted octanol–water partition coefficient (Wildman–Crippen LogP) is 4.41. The van der Waals surface area contributed by atoms with Gasteiger partial charge in [-0.25, -0.2) is 9.97 Å². The summed E-state index contributed by atoms with van der Waals surface area (Å²) < 4.78 is 10.7. The molecule has 3 rings (SSSR count). The minimum atomic E-state index is 0. The van der Waals surface area contributed by atoms with E-state index in [0.717, 1.165) is 41.9 Å². The fourth-order valence-corrected chi connectivity index (χ4v) is 4.00. The highest BCUT2D eigenvalue weighted by atomic mass is 35.5. The van der Waals surface area contributed by atoms with E-state index < -0.39 is 0 Å². The largest absolute Gasteiger partial charge is 0.493 e. The fraction of sp³-hybridized carbons (Fsp3) is 0.467. The molecule has 10 heteroatoms. The van der Waals surface area contributed by atoms with Gasteiger partial charge in [-0.05, 0) is 43.6 Å². The van der Waals surface area contributed by atoms with Gasteiger partial charge in [0.15, 0.2) is 11.5 Å². The molecule has 0 amide bonds. The highest BCUT2D eigenvalue weighted by Gasteiger charge is 2.19. The highest BCUT2D eigenvalue weighted by molar-refractivity contribution is 8.00. The summed E-state index contributed by atoms with van der Waals surface area (Å²) in [6.07, 6.45) is 2.25. The van der Waals surface area contributed by atoms with E-state index in [2.05, 4.69) is 15.3 Å². The smallest absolute Gasteiger partial charge is 0.224 e. The van der Waals surface area contributed by atoms with Crippen LogP contribution in [0.3, 0.4) is 0 Å². The molecule has 1 aliphatic heterocycles. The lowest BCUT2D eigenvalue weighted by atomic mass is 10.2. The summed E-state index contributed by atoms with van der Waals surface area (Å²) in [6, 6.07) is 3.77. The topological polar surface area (TPSA) is 56.3 Å². The van der Waals surface area contributed by atoms with E-state index in [-0.39, 0.29) is 42.5 Å². The zero-order valence-corrected chi connectivity index (χ0v) is 17.8. The van der Waals surface area contributed by atoms with Crippen LogP contribution in [0.1, 0.15) is 12.8 Å². The van der Waals surface area contributed by atoms with E-state index in [1.165, 1.54) is 0 Å². The number of fused-ring (bicyclic) bond motifs is 1. The Kier molecular flexibility index (Phi) is 11.2. The number of nitrogens with one attached hydrogen (secondary N) is 1. The molecule has 1 aromatic heterocycles. The van der Waals surface area contributed by atoms with Crippen LogP contribution in [0.25, 0.3) is 10.9 Å². The average molecular weight is 449 g/mol. The quantitative estimate of drug-likeness (QED) is 0.552. The Balaban J connectivity index is 0.00000192. The fourth-order valence-electron chi connectivity index (χ4n) is 2.56. The second-order valence-corrected chi connectivity index (χ2v) is 6.72. The number of piperidine rings is 1. The van der Waals surface area contributed by atoms with E-state index in [1.54, 1.807) is 26.0 Å². The molecule has 0 unspecified atom stereocenters. The van der Waals surface area contributed by atoms with Gasteiger partial charge in [0.25, 0.3) is 0 Å². The Labute approximate surface area is 175 Å². The Hall–Kier alpha value is -0.370. The molecule has 142 valence electrons. The molecular formula is C15H21Cl4N3O2S. The maximum absolute atomic E-state index is 6.09. The van der Waals surface area contributed by atoms with Gasteiger partial charge >= 0.3 is 0 Å². The molecule has 0 aliphatic carbocycles. The van der Waals surface area contributed by atoms with E-state index in [0.29, 0.717) is 16.7 Å². The molecule has 0 spiro atoms. The summed E-state index contributed by atoms with van der Waals surface area (Å²) in [5.74, 6) is 1.32. The van der Waals surface area contributed by atoms with Crippen molar-refractivity contribution in [3.63, 3.8) is 0 Å². The van der Waals surface area contributed by atoms with Crippen molar-refractivity contribution in [3.05, 3.63) is 17.4 Å². The molecule has 1 fully saturated rings. The second kappa shape index (κ2) is 11.4. The molecule has 0 radical (unpaired) electrons. The Morgan fingerprint density at radius 1 is 1.04 bits per heavy atom. The third-order valence-electron chi connectivity index (χ3n) is 3.70. The Bertz CT molecular complexity index is 687. The number of nitrogens with zero attached hydrogens (tertiary/aromatic N) is 2. The van der Waals surface area contributed by atoms with Gasteiger partial charge in [0.1, 0.15) is 5.03 Å². The Morgan fingerprint density at radius 3 is 2.24 bits per heavy atom. The van der Waals surface area contributed by atoms with Gasteiger partial charge in [-0.15, -0.1) is 49.0 Å². The first kappa shape index (κ1) is 24.6. The number of methoxy groups -OCH3 is 2. The number of rotatable bonds is 4. The van der Waals surface area contributed by atoms with E-state index in [4.69, 9.17) is 21.1 Å². The minimum Gasteiger partial charge on any atom is -0.493 e. The normalized spacial score (nSPS) is 14.0. The number of benzene rings is 1. The van der Waals surface area contributed by atoms with Crippen LogP contribution >= 0.6 is 60.6 Å². The monoisotopic (exact) mass is 447 g/mol. The second-order valence-electron chi connectivity index (χ2n) is 5.09. The molecule has 1 N–H and O–H groups in total. The van der Waals surface area contributed by atoms with Crippen LogP contribution in [0.15, 0.2) is 17.2 Å². The predicted molar refractivity (Wildman–Crippen MR) is 111 cm³/mol. The molecule has 1 aliphatic rings. The van der Waals surface area contributed by atoms with Gasteiger partial charge in [-0.2, -0.15) is 0 Å². The number of aromatic nitrogens is 2. The first-order chi connectivity index (χ1) is 10.7. The van der Waals surface area contributed by atoms with E-state index in [9.17, 15) is 0 Å². The van der Waals surface area contributed by atoms with Crippen LogP contribution in [0, 0.1) is 0 Å². The van der Waals surface area contributed by atoms with Gasteiger partial charge in [-0.1, -0.05) is 0 Å². The molecule has 2 heterocycles. The summed E-state index contributed by atoms with van der Waals surface area (Å²) >= 11 is 7.86. The first-order valence-corrected chi connectivity index (χ1v) is 8.43. The van der Waals surface area contributed by atoms with Crippen molar-refractivity contribution in [1.29, 1.82) is 0 Å². The van der Waals surface area contributed by atoms with Gasteiger partial charge < -0.3 is 14.8 Å². The maximum Gasteiger partial charge on any atom is 0.224 e. The molecule has 2 aromatic rings. The summed E-state index contributed by atoms with van der Waals surface area (Å²) in [7, 11) is 3.23. The van der Waals surface area contributed by atoms with Crippen LogP contribution in [0.2, 0.25) is 5.28 Å². The molecule has 25 heavy (non-hydrogen) atoms. The SMILES string of the molecule is COc1cc2nc(Cl)nc(SC3CCNCC3)c2cc1OC.Cl.Cl.Cl. The summed E-state index contributed by atoms with van der Waals surface area (Å²) in [6.45, 7) is 2.09. The van der Waals surface area contributed by atoms with Crippen molar-refractivity contribution in [3.8, 4) is 11.5 Å². The standard InChI is InChI=1S/C15H18ClN3O2S.3ClH/c1-20-12-7-10-11(8-13(12)21-2)18-15(16)19-14(10)22-9-3-5-17-6-4-9;;;/h7-9,17H,3-6H2,1-2H3;3*1H. The highest BCUT2D eigenvalue weighted by Crippen LogP contribution is 2.38. The third-order valence-corrected chi connectivity index (χ3v) is 5.21. The molecule has 0 bridgehead atoms. The van der Waals surface area contributed by atoms with Crippen LogP contribution in [0.4, 0.5) is 0 Å². The van der Waals surface area contributed by atoms with Crippen LogP contribution in [-0.2, 0) is 0 Å². The lowest BCUT2D eigenvalue weighted by Crippen LogP contribution is -2.29. The van der Waals surface area contributed by atoms with Gasteiger partial charge in [-0.3, -0.25) is 0 Å². The lowest BCUT2D eigenvalue weighted by Gasteiger charge is -2.22. The van der Waals surface area contributed by atoms with Crippen LogP contribution < -0.4 is 14.8 Å². The lowest BCUT2D eigenvalue weighted by molar-refractivity contribution is 0.355. The Morgan fingerprint density at radius 2 is 1.64 bits per heavy atom. The molecular weight excluding hydrogens is 428 g/mol. The van der Waals surface area contributed by atoms with Crippen molar-refractivity contribution in [2.24, 2.45) is 0 Å². The first-order valence-electron chi connectivity index (χ1n) is 7.18. The number of hydrogen-bond donors (Lipinski definition) is 1. The van der Waals surface area contributed by atoms with Crippen LogP contribution in [0.5, 0.6) is 11.5 Å². The van der Waals surface area contributed by atoms with Crippen molar-refractivity contribution < 1.29 is 9.47 Å². The van der Waals surface area contributed by atoms with Gasteiger partial charge in [0, 0.05) is 16.7 Å². The maximum atomic E-state index is 6.09. The number of hydrogen-bond acceptors (Lipinski definition) is 6. The average Bonchev–Trinajstić information content (AvgIpc) is 2.54. The van der Waals surface area contributed by atoms with Gasteiger partial charge in [0.2, 0.25) is 5.28 Å². The van der Waals surface area contributed by atoms with Gasteiger partial charge in [0.05, 0.1) is 19.7 Å². The molecule has 1 saturated heterocycles.